The van der Waals surface area contributed by atoms with Crippen molar-refractivity contribution in [2.45, 2.75) is 51.0 Å². The lowest BCUT2D eigenvalue weighted by Gasteiger charge is -2.33. The molecule has 2 aromatic heterocycles. The van der Waals surface area contributed by atoms with E-state index >= 15 is 0 Å². The molecule has 4 heterocycles. The molecule has 12 heteroatoms. The SMILES string of the molecule is Cc1ccc(O[C@H]2CCCN(C(=O)Cn3cc(NC(=O)C4CC(Oc5ccnc(F)n5)CO4)cn3)C2)cc1. The molecule has 3 aromatic rings. The first-order valence-electron chi connectivity index (χ1n) is 12.5. The van der Waals surface area contributed by atoms with Crippen molar-refractivity contribution in [1.29, 1.82) is 0 Å². The fourth-order valence-corrected chi connectivity index (χ4v) is 4.47. The van der Waals surface area contributed by atoms with E-state index in [1.807, 2.05) is 31.2 Å². The molecule has 2 unspecified atom stereocenters. The molecule has 0 spiro atoms. The number of nitrogens with one attached hydrogen (secondary N) is 1. The molecule has 1 aromatic carbocycles. The molecule has 2 saturated heterocycles. The van der Waals surface area contributed by atoms with Gasteiger partial charge in [-0.25, -0.2) is 4.98 Å². The standard InChI is InChI=1S/C26H29FN6O5/c1-17-4-6-19(7-5-17)37-20-3-2-10-32(14-20)24(34)15-33-13-18(12-29-33)30-25(35)22-11-21(16-36-22)38-23-8-9-28-26(27)31-23/h4-9,12-13,20-22H,2-3,10-11,14-16H2,1H3,(H,30,35)/t20-,21?,22?/m0/s1. The van der Waals surface area contributed by atoms with Crippen molar-refractivity contribution in [3.63, 3.8) is 0 Å². The van der Waals surface area contributed by atoms with Crippen molar-refractivity contribution in [3.05, 3.63) is 60.6 Å². The summed E-state index contributed by atoms with van der Waals surface area (Å²) in [6.45, 7) is 3.43. The van der Waals surface area contributed by atoms with Gasteiger partial charge >= 0.3 is 6.08 Å². The largest absolute Gasteiger partial charge is 0.489 e. The summed E-state index contributed by atoms with van der Waals surface area (Å²) in [5, 5.41) is 6.97. The first-order valence-corrected chi connectivity index (χ1v) is 12.5. The molecule has 3 atom stereocenters. The zero-order valence-electron chi connectivity index (χ0n) is 21.0. The van der Waals surface area contributed by atoms with Gasteiger partial charge < -0.3 is 24.4 Å². The van der Waals surface area contributed by atoms with Crippen LogP contribution in [-0.4, -0.2) is 74.5 Å². The van der Waals surface area contributed by atoms with Crippen LogP contribution >= 0.6 is 0 Å². The van der Waals surface area contributed by atoms with Crippen LogP contribution in [0.2, 0.25) is 0 Å². The quantitative estimate of drug-likeness (QED) is 0.446. The first-order chi connectivity index (χ1) is 18.4. The maximum Gasteiger partial charge on any atom is 0.311 e. The van der Waals surface area contributed by atoms with Gasteiger partial charge in [0.1, 0.15) is 30.6 Å². The Labute approximate surface area is 218 Å². The van der Waals surface area contributed by atoms with E-state index < -0.39 is 18.3 Å². The summed E-state index contributed by atoms with van der Waals surface area (Å²) in [4.78, 5) is 34.3. The number of amides is 2. The van der Waals surface area contributed by atoms with Gasteiger partial charge in [0.25, 0.3) is 5.91 Å². The summed E-state index contributed by atoms with van der Waals surface area (Å²) in [5.74, 6) is 0.459. The van der Waals surface area contributed by atoms with Crippen molar-refractivity contribution in [1.82, 2.24) is 24.6 Å². The average molecular weight is 525 g/mol. The van der Waals surface area contributed by atoms with Crippen LogP contribution < -0.4 is 14.8 Å². The van der Waals surface area contributed by atoms with Crippen LogP contribution in [0, 0.1) is 13.0 Å². The topological polar surface area (TPSA) is 121 Å². The Morgan fingerprint density at radius 3 is 2.84 bits per heavy atom. The lowest BCUT2D eigenvalue weighted by Crippen LogP contribution is -2.45. The number of rotatable bonds is 8. The van der Waals surface area contributed by atoms with Crippen molar-refractivity contribution >= 4 is 17.5 Å². The van der Waals surface area contributed by atoms with E-state index in [1.165, 1.54) is 23.1 Å². The number of carbonyl (C=O) groups is 2. The van der Waals surface area contributed by atoms with Crippen LogP contribution in [0.1, 0.15) is 24.8 Å². The van der Waals surface area contributed by atoms with Crippen molar-refractivity contribution in [2.24, 2.45) is 0 Å². The molecule has 1 N–H and O–H groups in total. The number of anilines is 1. The minimum atomic E-state index is -0.887. The highest BCUT2D eigenvalue weighted by atomic mass is 19.1. The fourth-order valence-electron chi connectivity index (χ4n) is 4.47. The highest BCUT2D eigenvalue weighted by Gasteiger charge is 2.33. The van der Waals surface area contributed by atoms with Gasteiger partial charge in [-0.1, -0.05) is 17.7 Å². The number of hydrogen-bond donors (Lipinski definition) is 1. The van der Waals surface area contributed by atoms with Gasteiger partial charge in [0.2, 0.25) is 11.8 Å². The van der Waals surface area contributed by atoms with Crippen LogP contribution in [0.3, 0.4) is 0 Å². The van der Waals surface area contributed by atoms with Gasteiger partial charge in [0, 0.05) is 31.4 Å². The number of nitrogens with zero attached hydrogens (tertiary/aromatic N) is 5. The Kier molecular flexibility index (Phi) is 7.78. The minimum Gasteiger partial charge on any atom is -0.489 e. The monoisotopic (exact) mass is 524 g/mol. The van der Waals surface area contributed by atoms with Gasteiger partial charge in [-0.3, -0.25) is 14.3 Å². The predicted octanol–water partition coefficient (Wildman–Crippen LogP) is 2.37. The number of benzene rings is 1. The normalized spacial score (nSPS) is 21.2. The Morgan fingerprint density at radius 2 is 2.03 bits per heavy atom. The molecule has 2 fully saturated rings. The van der Waals surface area contributed by atoms with Crippen molar-refractivity contribution < 1.29 is 28.2 Å². The molecule has 0 saturated carbocycles. The van der Waals surface area contributed by atoms with E-state index in [1.54, 1.807) is 11.1 Å². The zero-order valence-corrected chi connectivity index (χ0v) is 21.0. The second-order valence-corrected chi connectivity index (χ2v) is 9.41. The number of ether oxygens (including phenoxy) is 3. The molecule has 0 radical (unpaired) electrons. The molecule has 11 nitrogen and oxygen atoms in total. The number of likely N-dealkylation sites (tertiary alicyclic amines) is 1. The van der Waals surface area contributed by atoms with Gasteiger partial charge in [-0.2, -0.15) is 14.5 Å². The second-order valence-electron chi connectivity index (χ2n) is 9.41. The minimum absolute atomic E-state index is 0.0540. The van der Waals surface area contributed by atoms with Crippen molar-refractivity contribution in [2.75, 3.05) is 25.0 Å². The van der Waals surface area contributed by atoms with E-state index in [4.69, 9.17) is 14.2 Å². The lowest BCUT2D eigenvalue weighted by molar-refractivity contribution is -0.134. The summed E-state index contributed by atoms with van der Waals surface area (Å²) < 4.78 is 31.8. The number of carbonyl (C=O) groups excluding carboxylic acids is 2. The Bertz CT molecular complexity index is 1270. The third kappa shape index (κ3) is 6.62. The van der Waals surface area contributed by atoms with Gasteiger partial charge in [0.05, 0.1) is 25.0 Å². The first kappa shape index (κ1) is 25.6. The third-order valence-electron chi connectivity index (χ3n) is 6.39. The fraction of sp³-hybridized carbons (Fsp3) is 0.423. The van der Waals surface area contributed by atoms with Crippen LogP contribution in [-0.2, 0) is 20.9 Å². The summed E-state index contributed by atoms with van der Waals surface area (Å²) >= 11 is 0. The second kappa shape index (κ2) is 11.5. The van der Waals surface area contributed by atoms with Gasteiger partial charge in [-0.05, 0) is 31.9 Å². The van der Waals surface area contributed by atoms with Gasteiger partial charge in [0.15, 0.2) is 0 Å². The van der Waals surface area contributed by atoms with E-state index in [-0.39, 0.29) is 43.4 Å². The van der Waals surface area contributed by atoms with Crippen LogP contribution in [0.15, 0.2) is 48.9 Å². The maximum atomic E-state index is 13.1. The highest BCUT2D eigenvalue weighted by Crippen LogP contribution is 2.21. The Hall–Kier alpha value is -4.06. The Balaban J connectivity index is 1.08. The summed E-state index contributed by atoms with van der Waals surface area (Å²) in [6, 6.07) is 9.33. The molecular weight excluding hydrogens is 495 g/mol. The molecular formula is C26H29FN6O5. The molecule has 0 bridgehead atoms. The summed E-state index contributed by atoms with van der Waals surface area (Å²) in [6.07, 6.45) is 4.25. The molecule has 38 heavy (non-hydrogen) atoms. The lowest BCUT2D eigenvalue weighted by atomic mass is 10.1. The summed E-state index contributed by atoms with van der Waals surface area (Å²) in [7, 11) is 0. The number of hydrogen-bond acceptors (Lipinski definition) is 8. The molecule has 2 aliphatic rings. The Morgan fingerprint density at radius 1 is 1.18 bits per heavy atom. The zero-order chi connectivity index (χ0) is 26.5. The number of piperidine rings is 1. The number of aryl methyl sites for hydroxylation is 1. The van der Waals surface area contributed by atoms with E-state index in [9.17, 15) is 14.0 Å². The smallest absolute Gasteiger partial charge is 0.311 e. The van der Waals surface area contributed by atoms with Gasteiger partial charge in [-0.15, -0.1) is 0 Å². The molecule has 0 aliphatic carbocycles. The predicted molar refractivity (Wildman–Crippen MR) is 133 cm³/mol. The molecule has 5 rings (SSSR count). The molecule has 2 aliphatic heterocycles. The maximum absolute atomic E-state index is 13.1. The van der Waals surface area contributed by atoms with Crippen LogP contribution in [0.4, 0.5) is 10.1 Å². The van der Waals surface area contributed by atoms with Crippen molar-refractivity contribution in [3.8, 4) is 11.6 Å². The van der Waals surface area contributed by atoms with E-state index in [2.05, 4.69) is 20.4 Å². The van der Waals surface area contributed by atoms with E-state index in [0.29, 0.717) is 18.8 Å². The number of aromatic nitrogens is 4. The van der Waals surface area contributed by atoms with E-state index in [0.717, 1.165) is 24.2 Å². The summed E-state index contributed by atoms with van der Waals surface area (Å²) in [5.41, 5.74) is 1.62. The molecule has 200 valence electrons. The highest BCUT2D eigenvalue weighted by molar-refractivity contribution is 5.94. The van der Waals surface area contributed by atoms with Crippen LogP contribution in [0.5, 0.6) is 11.6 Å². The molecule has 2 amide bonds. The third-order valence-corrected chi connectivity index (χ3v) is 6.39. The average Bonchev–Trinajstić information content (AvgIpc) is 3.55. The van der Waals surface area contributed by atoms with Crippen LogP contribution in [0.25, 0.3) is 0 Å². The number of halogens is 1.